The normalized spacial score (nSPS) is 10.8. The minimum absolute atomic E-state index is 0.0590. The predicted molar refractivity (Wildman–Crippen MR) is 81.8 cm³/mol. The van der Waals surface area contributed by atoms with E-state index in [0.29, 0.717) is 31.2 Å². The summed E-state index contributed by atoms with van der Waals surface area (Å²) in [6.45, 7) is 6.77. The van der Waals surface area contributed by atoms with Crippen molar-refractivity contribution in [3.05, 3.63) is 35.4 Å². The van der Waals surface area contributed by atoms with Crippen LogP contribution in [0.1, 0.15) is 36.2 Å². The molecule has 0 atom stereocenters. The van der Waals surface area contributed by atoms with E-state index in [4.69, 9.17) is 10.5 Å². The minimum Gasteiger partial charge on any atom is -0.380 e. The molecule has 0 aromatic heterocycles. The Bertz CT molecular complexity index is 405. The largest absolute Gasteiger partial charge is 0.380 e. The number of benzene rings is 1. The molecule has 0 aliphatic carbocycles. The van der Waals surface area contributed by atoms with E-state index in [2.05, 4.69) is 19.2 Å². The van der Waals surface area contributed by atoms with Gasteiger partial charge in [0.2, 0.25) is 0 Å². The van der Waals surface area contributed by atoms with Gasteiger partial charge in [0.05, 0.1) is 6.61 Å². The van der Waals surface area contributed by atoms with Crippen LogP contribution in [0.5, 0.6) is 0 Å². The molecule has 1 amide bonds. The highest BCUT2D eigenvalue weighted by Crippen LogP contribution is 2.05. The van der Waals surface area contributed by atoms with E-state index in [9.17, 15) is 4.79 Å². The quantitative estimate of drug-likeness (QED) is 0.679. The van der Waals surface area contributed by atoms with E-state index < -0.39 is 0 Å². The molecule has 4 heteroatoms. The Hall–Kier alpha value is -1.39. The molecule has 0 aliphatic rings. The Kier molecular flexibility index (Phi) is 7.92. The molecule has 112 valence electrons. The van der Waals surface area contributed by atoms with Crippen molar-refractivity contribution in [1.29, 1.82) is 0 Å². The van der Waals surface area contributed by atoms with Crippen LogP contribution >= 0.6 is 0 Å². The van der Waals surface area contributed by atoms with Crippen LogP contribution in [0.3, 0.4) is 0 Å². The lowest BCUT2D eigenvalue weighted by Gasteiger charge is -2.08. The first kappa shape index (κ1) is 16.7. The molecule has 3 N–H and O–H groups in total. The standard InChI is InChI=1S/C16H26N2O2/c1-13(2)7-10-20-11-9-18-16(19)15-5-3-4-14(12-15)6-8-17/h3-5,12-13H,6-11,17H2,1-2H3,(H,18,19). The van der Waals surface area contributed by atoms with E-state index in [0.717, 1.165) is 25.0 Å². The Morgan fingerprint density at radius 1 is 1.35 bits per heavy atom. The molecular formula is C16H26N2O2. The lowest BCUT2D eigenvalue weighted by molar-refractivity contribution is 0.0905. The van der Waals surface area contributed by atoms with Gasteiger partial charge in [0, 0.05) is 18.7 Å². The smallest absolute Gasteiger partial charge is 0.251 e. The fourth-order valence-corrected chi connectivity index (χ4v) is 1.79. The van der Waals surface area contributed by atoms with Crippen LogP contribution in [-0.2, 0) is 11.2 Å². The highest BCUT2D eigenvalue weighted by Gasteiger charge is 2.05. The zero-order valence-electron chi connectivity index (χ0n) is 12.5. The van der Waals surface area contributed by atoms with Gasteiger partial charge >= 0.3 is 0 Å². The Morgan fingerprint density at radius 3 is 2.85 bits per heavy atom. The molecule has 1 aromatic carbocycles. The van der Waals surface area contributed by atoms with Crippen molar-refractivity contribution in [2.75, 3.05) is 26.3 Å². The van der Waals surface area contributed by atoms with E-state index in [1.807, 2.05) is 24.3 Å². The number of rotatable bonds is 9. The monoisotopic (exact) mass is 278 g/mol. The summed E-state index contributed by atoms with van der Waals surface area (Å²) in [5.41, 5.74) is 7.29. The van der Waals surface area contributed by atoms with Gasteiger partial charge in [0.1, 0.15) is 0 Å². The molecule has 0 radical (unpaired) electrons. The highest BCUT2D eigenvalue weighted by atomic mass is 16.5. The number of nitrogens with one attached hydrogen (secondary N) is 1. The van der Waals surface area contributed by atoms with Crippen LogP contribution in [-0.4, -0.2) is 32.2 Å². The number of amides is 1. The van der Waals surface area contributed by atoms with Crippen molar-refractivity contribution in [1.82, 2.24) is 5.32 Å². The van der Waals surface area contributed by atoms with Crippen LogP contribution in [0.4, 0.5) is 0 Å². The summed E-state index contributed by atoms with van der Waals surface area (Å²) in [7, 11) is 0. The molecule has 4 nitrogen and oxygen atoms in total. The molecule has 1 rings (SSSR count). The van der Waals surface area contributed by atoms with Crippen molar-refractivity contribution in [3.8, 4) is 0 Å². The van der Waals surface area contributed by atoms with Gasteiger partial charge in [0.15, 0.2) is 0 Å². The first-order chi connectivity index (χ1) is 9.63. The molecule has 0 fully saturated rings. The van der Waals surface area contributed by atoms with Crippen molar-refractivity contribution >= 4 is 5.91 Å². The van der Waals surface area contributed by atoms with Gasteiger partial charge in [-0.3, -0.25) is 4.79 Å². The number of carbonyl (C=O) groups excluding carboxylic acids is 1. The second-order valence-corrected chi connectivity index (χ2v) is 5.29. The van der Waals surface area contributed by atoms with Gasteiger partial charge < -0.3 is 15.8 Å². The summed E-state index contributed by atoms with van der Waals surface area (Å²) < 4.78 is 5.46. The summed E-state index contributed by atoms with van der Waals surface area (Å²) in [5.74, 6) is 0.589. The second kappa shape index (κ2) is 9.50. The van der Waals surface area contributed by atoms with Gasteiger partial charge in [-0.05, 0) is 43.0 Å². The molecule has 0 aliphatic heterocycles. The maximum Gasteiger partial charge on any atom is 0.251 e. The second-order valence-electron chi connectivity index (χ2n) is 5.29. The summed E-state index contributed by atoms with van der Waals surface area (Å²) in [5, 5.41) is 2.86. The molecule has 0 saturated carbocycles. The molecule has 0 spiro atoms. The van der Waals surface area contributed by atoms with Gasteiger partial charge in [-0.15, -0.1) is 0 Å². The Labute approximate surface area is 121 Å². The first-order valence-corrected chi connectivity index (χ1v) is 7.28. The van der Waals surface area contributed by atoms with Crippen LogP contribution in [0.15, 0.2) is 24.3 Å². The number of ether oxygens (including phenoxy) is 1. The fraction of sp³-hybridized carbons (Fsp3) is 0.562. The lowest BCUT2D eigenvalue weighted by atomic mass is 10.1. The maximum atomic E-state index is 11.9. The fourth-order valence-electron chi connectivity index (χ4n) is 1.79. The van der Waals surface area contributed by atoms with Gasteiger partial charge in [-0.25, -0.2) is 0 Å². The van der Waals surface area contributed by atoms with Gasteiger partial charge in [-0.2, -0.15) is 0 Å². The Morgan fingerprint density at radius 2 is 2.15 bits per heavy atom. The van der Waals surface area contributed by atoms with E-state index in [1.54, 1.807) is 0 Å². The summed E-state index contributed by atoms with van der Waals surface area (Å²) in [6.07, 6.45) is 1.84. The lowest BCUT2D eigenvalue weighted by Crippen LogP contribution is -2.27. The van der Waals surface area contributed by atoms with Gasteiger partial charge in [-0.1, -0.05) is 26.0 Å². The summed E-state index contributed by atoms with van der Waals surface area (Å²) in [6, 6.07) is 7.58. The van der Waals surface area contributed by atoms with Crippen molar-refractivity contribution in [2.45, 2.75) is 26.7 Å². The van der Waals surface area contributed by atoms with Gasteiger partial charge in [0.25, 0.3) is 5.91 Å². The third kappa shape index (κ3) is 6.68. The summed E-state index contributed by atoms with van der Waals surface area (Å²) in [4.78, 5) is 11.9. The van der Waals surface area contributed by atoms with Crippen LogP contribution in [0.2, 0.25) is 0 Å². The van der Waals surface area contributed by atoms with Crippen molar-refractivity contribution in [3.63, 3.8) is 0 Å². The SMILES string of the molecule is CC(C)CCOCCNC(=O)c1cccc(CCN)c1. The molecule has 0 unspecified atom stereocenters. The first-order valence-electron chi connectivity index (χ1n) is 7.28. The third-order valence-electron chi connectivity index (χ3n) is 2.99. The molecular weight excluding hydrogens is 252 g/mol. The molecule has 0 saturated heterocycles. The highest BCUT2D eigenvalue weighted by molar-refractivity contribution is 5.94. The Balaban J connectivity index is 2.27. The van der Waals surface area contributed by atoms with E-state index >= 15 is 0 Å². The van der Waals surface area contributed by atoms with Crippen LogP contribution in [0.25, 0.3) is 0 Å². The molecule has 1 aromatic rings. The predicted octanol–water partition coefficient (Wildman–Crippen LogP) is 1.98. The van der Waals surface area contributed by atoms with Crippen LogP contribution in [0, 0.1) is 5.92 Å². The average molecular weight is 278 g/mol. The molecule has 0 bridgehead atoms. The number of carbonyl (C=O) groups is 1. The zero-order valence-corrected chi connectivity index (χ0v) is 12.5. The van der Waals surface area contributed by atoms with Crippen molar-refractivity contribution < 1.29 is 9.53 Å². The van der Waals surface area contributed by atoms with E-state index in [-0.39, 0.29) is 5.91 Å². The average Bonchev–Trinajstić information content (AvgIpc) is 2.43. The van der Waals surface area contributed by atoms with Crippen molar-refractivity contribution in [2.24, 2.45) is 11.7 Å². The molecule has 0 heterocycles. The topological polar surface area (TPSA) is 64.3 Å². The zero-order chi connectivity index (χ0) is 14.8. The minimum atomic E-state index is -0.0590. The molecule has 20 heavy (non-hydrogen) atoms. The number of nitrogens with two attached hydrogens (primary N) is 1. The van der Waals surface area contributed by atoms with E-state index in [1.165, 1.54) is 0 Å². The van der Waals surface area contributed by atoms with Crippen LogP contribution < -0.4 is 11.1 Å². The third-order valence-corrected chi connectivity index (χ3v) is 2.99. The number of hydrogen-bond donors (Lipinski definition) is 2. The number of hydrogen-bond acceptors (Lipinski definition) is 3. The summed E-state index contributed by atoms with van der Waals surface area (Å²) >= 11 is 0. The maximum absolute atomic E-state index is 11.9.